The maximum Gasteiger partial charge on any atom is 0.0776 e. The van der Waals surface area contributed by atoms with E-state index in [1.807, 2.05) is 20.8 Å². The van der Waals surface area contributed by atoms with Crippen LogP contribution in [0.2, 0.25) is 0 Å². The molecule has 3 saturated carbocycles. The van der Waals surface area contributed by atoms with Gasteiger partial charge < -0.3 is 10.2 Å². The predicted octanol–water partition coefficient (Wildman–Crippen LogP) is 6.25. The molecule has 0 bridgehead atoms. The van der Waals surface area contributed by atoms with Crippen LogP contribution in [-0.2, 0) is 0 Å². The van der Waals surface area contributed by atoms with Crippen molar-refractivity contribution in [1.82, 2.24) is 0 Å². The second-order valence-corrected chi connectivity index (χ2v) is 12.9. The summed E-state index contributed by atoms with van der Waals surface area (Å²) < 4.78 is 0. The first kappa shape index (κ1) is 23.3. The van der Waals surface area contributed by atoms with Crippen LogP contribution in [0.15, 0.2) is 11.6 Å². The number of allylic oxidation sites excluding steroid dienone is 1. The van der Waals surface area contributed by atoms with E-state index in [-0.39, 0.29) is 0 Å². The van der Waals surface area contributed by atoms with Gasteiger partial charge in [0.25, 0.3) is 0 Å². The van der Waals surface area contributed by atoms with Crippen LogP contribution in [0.4, 0.5) is 0 Å². The molecule has 3 heteroatoms. The lowest BCUT2D eigenvalue weighted by Crippen LogP contribution is -2.49. The molecule has 0 aromatic carbocycles. The van der Waals surface area contributed by atoms with Crippen LogP contribution in [0.5, 0.6) is 0 Å². The fourth-order valence-corrected chi connectivity index (χ4v) is 8.28. The standard InChI is InChI=1S/C28H45NO2/c1-18(6-13-25(30)26(2,3)17-29)20-9-10-22-21(20)11-12-24-23(22)8-7-19-16-27(4,31)14-15-28(19,24)5/h7,18,20-25,30-31H,6,8-16H2,1-5H3/t18-,20-,21-,22?,23?,24?,25-,27+,28+/m1/s1. The Kier molecular flexibility index (Phi) is 6.15. The molecule has 0 aliphatic heterocycles. The third-order valence-electron chi connectivity index (χ3n) is 10.5. The maximum absolute atomic E-state index is 10.6. The van der Waals surface area contributed by atoms with Gasteiger partial charge in [0.1, 0.15) is 0 Å². The minimum absolute atomic E-state index is 0.312. The van der Waals surface area contributed by atoms with Crippen LogP contribution in [0.25, 0.3) is 0 Å². The van der Waals surface area contributed by atoms with Crippen molar-refractivity contribution >= 4 is 0 Å². The topological polar surface area (TPSA) is 64.2 Å². The van der Waals surface area contributed by atoms with Gasteiger partial charge >= 0.3 is 0 Å². The Labute approximate surface area is 190 Å². The van der Waals surface area contributed by atoms with Gasteiger partial charge in [-0.05, 0) is 126 Å². The van der Waals surface area contributed by atoms with E-state index >= 15 is 0 Å². The monoisotopic (exact) mass is 427 g/mol. The number of aliphatic hydroxyl groups excluding tert-OH is 1. The average Bonchev–Trinajstić information content (AvgIpc) is 3.16. The molecule has 9 atom stereocenters. The second kappa shape index (κ2) is 8.18. The first-order chi connectivity index (χ1) is 14.5. The molecule has 3 fully saturated rings. The number of hydrogen-bond donors (Lipinski definition) is 2. The van der Waals surface area contributed by atoms with Crippen LogP contribution in [0, 0.1) is 57.7 Å². The second-order valence-electron chi connectivity index (χ2n) is 12.9. The average molecular weight is 428 g/mol. The zero-order valence-corrected chi connectivity index (χ0v) is 20.5. The summed E-state index contributed by atoms with van der Waals surface area (Å²) in [5, 5.41) is 30.4. The largest absolute Gasteiger partial charge is 0.391 e. The van der Waals surface area contributed by atoms with E-state index in [0.29, 0.717) is 11.3 Å². The number of rotatable bonds is 5. The summed E-state index contributed by atoms with van der Waals surface area (Å²) in [6.45, 7) is 10.6. The molecular weight excluding hydrogens is 382 g/mol. The number of fused-ring (bicyclic) bond motifs is 5. The zero-order valence-electron chi connectivity index (χ0n) is 20.5. The van der Waals surface area contributed by atoms with Gasteiger partial charge in [-0.3, -0.25) is 0 Å². The highest BCUT2D eigenvalue weighted by Crippen LogP contribution is 2.63. The van der Waals surface area contributed by atoms with E-state index in [1.54, 1.807) is 5.57 Å². The van der Waals surface area contributed by atoms with E-state index in [4.69, 9.17) is 0 Å². The molecule has 4 aliphatic carbocycles. The van der Waals surface area contributed by atoms with Crippen LogP contribution < -0.4 is 0 Å². The lowest BCUT2D eigenvalue weighted by Gasteiger charge is -2.56. The molecule has 2 N–H and O–H groups in total. The Balaban J connectivity index is 1.42. The van der Waals surface area contributed by atoms with Crippen LogP contribution in [0.3, 0.4) is 0 Å². The highest BCUT2D eigenvalue weighted by Gasteiger charge is 2.55. The molecule has 3 unspecified atom stereocenters. The summed E-state index contributed by atoms with van der Waals surface area (Å²) in [5.41, 5.74) is 0.712. The molecular formula is C28H45NO2. The number of hydrogen-bond acceptors (Lipinski definition) is 3. The van der Waals surface area contributed by atoms with Crippen molar-refractivity contribution in [3.05, 3.63) is 11.6 Å². The number of nitriles is 1. The van der Waals surface area contributed by atoms with Gasteiger partial charge in [0, 0.05) is 0 Å². The van der Waals surface area contributed by atoms with Gasteiger partial charge in [0.05, 0.1) is 23.2 Å². The van der Waals surface area contributed by atoms with Gasteiger partial charge in [0.2, 0.25) is 0 Å². The molecule has 0 heterocycles. The molecule has 0 spiro atoms. The fourth-order valence-electron chi connectivity index (χ4n) is 8.28. The highest BCUT2D eigenvalue weighted by atomic mass is 16.3. The molecule has 3 nitrogen and oxygen atoms in total. The molecule has 4 rings (SSSR count). The number of nitrogens with zero attached hydrogens (tertiary/aromatic N) is 1. The normalized spacial score (nSPS) is 44.3. The number of aliphatic hydroxyl groups is 2. The van der Waals surface area contributed by atoms with Crippen LogP contribution in [-0.4, -0.2) is 21.9 Å². The first-order valence-electron chi connectivity index (χ1n) is 13.0. The van der Waals surface area contributed by atoms with Crippen molar-refractivity contribution in [2.45, 2.75) is 111 Å². The minimum Gasteiger partial charge on any atom is -0.391 e. The molecule has 0 amide bonds. The van der Waals surface area contributed by atoms with Gasteiger partial charge in [0.15, 0.2) is 0 Å². The fraction of sp³-hybridized carbons (Fsp3) is 0.893. The zero-order chi connectivity index (χ0) is 22.6. The first-order valence-corrected chi connectivity index (χ1v) is 13.0. The Hall–Kier alpha value is -0.850. The third kappa shape index (κ3) is 4.13. The Morgan fingerprint density at radius 1 is 1.10 bits per heavy atom. The molecule has 0 aromatic heterocycles. The van der Waals surface area contributed by atoms with Crippen LogP contribution in [0.1, 0.15) is 98.8 Å². The molecule has 0 saturated heterocycles. The van der Waals surface area contributed by atoms with Gasteiger partial charge in [-0.1, -0.05) is 25.5 Å². The van der Waals surface area contributed by atoms with Crippen molar-refractivity contribution in [3.8, 4) is 6.07 Å². The predicted molar refractivity (Wildman–Crippen MR) is 125 cm³/mol. The summed E-state index contributed by atoms with van der Waals surface area (Å²) in [7, 11) is 0. The van der Waals surface area contributed by atoms with E-state index in [2.05, 4.69) is 26.0 Å². The van der Waals surface area contributed by atoms with E-state index in [9.17, 15) is 15.5 Å². The highest BCUT2D eigenvalue weighted by molar-refractivity contribution is 5.26. The summed E-state index contributed by atoms with van der Waals surface area (Å²) in [5.74, 6) is 4.76. The van der Waals surface area contributed by atoms with Gasteiger partial charge in [-0.25, -0.2) is 0 Å². The molecule has 0 aromatic rings. The van der Waals surface area contributed by atoms with Gasteiger partial charge in [-0.2, -0.15) is 5.26 Å². The minimum atomic E-state index is -0.651. The van der Waals surface area contributed by atoms with Crippen molar-refractivity contribution in [3.63, 3.8) is 0 Å². The lowest BCUT2D eigenvalue weighted by atomic mass is 9.49. The van der Waals surface area contributed by atoms with Crippen molar-refractivity contribution < 1.29 is 10.2 Å². The summed E-state index contributed by atoms with van der Waals surface area (Å²) in [6, 6.07) is 2.27. The molecule has 4 aliphatic rings. The summed E-state index contributed by atoms with van der Waals surface area (Å²) in [6.07, 6.45) is 13.4. The smallest absolute Gasteiger partial charge is 0.0776 e. The molecule has 0 radical (unpaired) electrons. The van der Waals surface area contributed by atoms with E-state index < -0.39 is 17.1 Å². The summed E-state index contributed by atoms with van der Waals surface area (Å²) in [4.78, 5) is 0. The Morgan fingerprint density at radius 3 is 2.52 bits per heavy atom. The van der Waals surface area contributed by atoms with Crippen LogP contribution >= 0.6 is 0 Å². The quantitative estimate of drug-likeness (QED) is 0.509. The SMILES string of the molecule is C[C@H](CC[C@@H](O)C(C)(C)C#N)[C@H]1CCC2C3CC=C4C[C@@](C)(O)CC[C@]4(C)C3CC[C@@H]21. The van der Waals surface area contributed by atoms with Crippen molar-refractivity contribution in [2.24, 2.45) is 46.3 Å². The lowest BCUT2D eigenvalue weighted by molar-refractivity contribution is -0.0434. The van der Waals surface area contributed by atoms with Crippen molar-refractivity contribution in [2.75, 3.05) is 0 Å². The van der Waals surface area contributed by atoms with Crippen molar-refractivity contribution in [1.29, 1.82) is 5.26 Å². The molecule has 31 heavy (non-hydrogen) atoms. The Bertz CT molecular complexity index is 747. The summed E-state index contributed by atoms with van der Waals surface area (Å²) >= 11 is 0. The Morgan fingerprint density at radius 2 is 1.81 bits per heavy atom. The van der Waals surface area contributed by atoms with E-state index in [0.717, 1.165) is 61.7 Å². The van der Waals surface area contributed by atoms with Gasteiger partial charge in [-0.15, -0.1) is 0 Å². The third-order valence-corrected chi connectivity index (χ3v) is 10.5. The molecule has 174 valence electrons. The maximum atomic E-state index is 10.6. The van der Waals surface area contributed by atoms with E-state index in [1.165, 1.54) is 32.1 Å².